The van der Waals surface area contributed by atoms with E-state index in [4.69, 9.17) is 0 Å². The van der Waals surface area contributed by atoms with Crippen LogP contribution in [0.5, 0.6) is 0 Å². The van der Waals surface area contributed by atoms with Crippen molar-refractivity contribution in [1.29, 1.82) is 0 Å². The molecule has 0 aromatic rings. The molecule has 0 bridgehead atoms. The Morgan fingerprint density at radius 3 is 3.38 bits per heavy atom. The first-order valence-electron chi connectivity index (χ1n) is 3.24. The smallest absolute Gasteiger partial charge is 0.0831 e. The number of nitrogens with zero attached hydrogens (tertiary/aromatic N) is 1. The van der Waals surface area contributed by atoms with Crippen LogP contribution in [0.3, 0.4) is 0 Å². The Hall–Kier alpha value is -0.530. The Kier molecular flexibility index (Phi) is 0.802. The van der Waals surface area contributed by atoms with Gasteiger partial charge in [0.1, 0.15) is 0 Å². The zero-order valence-electron chi connectivity index (χ0n) is 4.80. The van der Waals surface area contributed by atoms with Crippen molar-refractivity contribution >= 4 is 6.34 Å². The van der Waals surface area contributed by atoms with E-state index < -0.39 is 0 Å². The fourth-order valence-corrected chi connectivity index (χ4v) is 1.55. The molecule has 8 heavy (non-hydrogen) atoms. The van der Waals surface area contributed by atoms with Gasteiger partial charge in [0.05, 0.1) is 12.4 Å². The molecule has 0 spiro atoms. The van der Waals surface area contributed by atoms with Gasteiger partial charge in [-0.05, 0) is 19.3 Å². The van der Waals surface area contributed by atoms with Crippen LogP contribution in [0.4, 0.5) is 0 Å². The average molecular weight is 110 g/mol. The van der Waals surface area contributed by atoms with Gasteiger partial charge < -0.3 is 5.32 Å². The molecule has 0 aromatic heterocycles. The molecule has 2 aliphatic rings. The maximum absolute atomic E-state index is 4.26. The molecule has 1 N–H and O–H groups in total. The number of fused-ring (bicyclic) bond motifs is 1. The molecule has 44 valence electrons. The van der Waals surface area contributed by atoms with Crippen LogP contribution in [-0.2, 0) is 0 Å². The standard InChI is InChI=1S/C6H10N2/c1-2-5-6(3-1)8-4-7-5/h4-6H,1-3H2,(H,7,8). The summed E-state index contributed by atoms with van der Waals surface area (Å²) in [5.41, 5.74) is 0. The van der Waals surface area contributed by atoms with Crippen LogP contribution in [0.1, 0.15) is 19.3 Å². The van der Waals surface area contributed by atoms with Gasteiger partial charge in [-0.3, -0.25) is 4.99 Å². The predicted molar refractivity (Wildman–Crippen MR) is 33.1 cm³/mol. The Labute approximate surface area is 49.0 Å². The van der Waals surface area contributed by atoms with Gasteiger partial charge in [-0.1, -0.05) is 0 Å². The van der Waals surface area contributed by atoms with Crippen LogP contribution in [-0.4, -0.2) is 18.4 Å². The summed E-state index contributed by atoms with van der Waals surface area (Å²) in [6.07, 6.45) is 5.84. The number of nitrogens with one attached hydrogen (secondary N) is 1. The predicted octanol–water partition coefficient (Wildman–Crippen LogP) is 0.539. The Bertz CT molecular complexity index is 120. The van der Waals surface area contributed by atoms with Crippen molar-refractivity contribution in [2.45, 2.75) is 31.3 Å². The zero-order chi connectivity index (χ0) is 5.40. The molecule has 2 atom stereocenters. The Morgan fingerprint density at radius 1 is 1.50 bits per heavy atom. The molecular formula is C6H10N2. The molecule has 1 fully saturated rings. The first-order valence-corrected chi connectivity index (χ1v) is 3.24. The summed E-state index contributed by atoms with van der Waals surface area (Å²) < 4.78 is 0. The number of aliphatic imine (C=N–C) groups is 1. The molecule has 1 heterocycles. The molecule has 2 nitrogen and oxygen atoms in total. The second-order valence-corrected chi connectivity index (χ2v) is 2.55. The second kappa shape index (κ2) is 1.47. The fraction of sp³-hybridized carbons (Fsp3) is 0.833. The maximum atomic E-state index is 4.26. The summed E-state index contributed by atoms with van der Waals surface area (Å²) in [6.45, 7) is 0. The molecule has 0 radical (unpaired) electrons. The first kappa shape index (κ1) is 4.36. The minimum absolute atomic E-state index is 0.634. The highest BCUT2D eigenvalue weighted by Gasteiger charge is 2.28. The molecule has 1 aliphatic heterocycles. The molecule has 2 unspecified atom stereocenters. The van der Waals surface area contributed by atoms with Gasteiger partial charge in [-0.25, -0.2) is 0 Å². The summed E-state index contributed by atoms with van der Waals surface area (Å²) >= 11 is 0. The monoisotopic (exact) mass is 110 g/mol. The van der Waals surface area contributed by atoms with Gasteiger partial charge in [0, 0.05) is 6.04 Å². The van der Waals surface area contributed by atoms with Gasteiger partial charge in [0.2, 0.25) is 0 Å². The maximum Gasteiger partial charge on any atom is 0.0831 e. The molecule has 1 aliphatic carbocycles. The van der Waals surface area contributed by atoms with E-state index in [0.29, 0.717) is 12.1 Å². The minimum Gasteiger partial charge on any atom is -0.372 e. The Morgan fingerprint density at radius 2 is 2.50 bits per heavy atom. The first-order chi connectivity index (χ1) is 3.97. The third-order valence-corrected chi connectivity index (χ3v) is 2.03. The molecule has 0 saturated heterocycles. The van der Waals surface area contributed by atoms with Crippen molar-refractivity contribution in [1.82, 2.24) is 5.32 Å². The SMILES string of the molecule is C1=NC2CCCC2N1. The normalized spacial score (nSPS) is 42.0. The van der Waals surface area contributed by atoms with Crippen molar-refractivity contribution in [3.8, 4) is 0 Å². The lowest BCUT2D eigenvalue weighted by atomic mass is 10.2. The van der Waals surface area contributed by atoms with Crippen LogP contribution < -0.4 is 5.32 Å². The second-order valence-electron chi connectivity index (χ2n) is 2.55. The highest BCUT2D eigenvalue weighted by molar-refractivity contribution is 5.58. The van der Waals surface area contributed by atoms with E-state index in [2.05, 4.69) is 10.3 Å². The highest BCUT2D eigenvalue weighted by atomic mass is 15.1. The van der Waals surface area contributed by atoms with Crippen molar-refractivity contribution in [3.63, 3.8) is 0 Å². The third kappa shape index (κ3) is 0.457. The van der Waals surface area contributed by atoms with E-state index in [0.717, 1.165) is 0 Å². The van der Waals surface area contributed by atoms with Crippen molar-refractivity contribution in [2.24, 2.45) is 4.99 Å². The Balaban J connectivity index is 2.13. The van der Waals surface area contributed by atoms with Gasteiger partial charge in [-0.2, -0.15) is 0 Å². The van der Waals surface area contributed by atoms with Crippen LogP contribution in [0.15, 0.2) is 4.99 Å². The van der Waals surface area contributed by atoms with E-state index in [1.165, 1.54) is 19.3 Å². The van der Waals surface area contributed by atoms with E-state index in [9.17, 15) is 0 Å². The summed E-state index contributed by atoms with van der Waals surface area (Å²) in [4.78, 5) is 4.26. The third-order valence-electron chi connectivity index (χ3n) is 2.03. The molecule has 0 aromatic carbocycles. The summed E-state index contributed by atoms with van der Waals surface area (Å²) in [6, 6.07) is 1.34. The lowest BCUT2D eigenvalue weighted by molar-refractivity contribution is 0.601. The van der Waals surface area contributed by atoms with Gasteiger partial charge >= 0.3 is 0 Å². The van der Waals surface area contributed by atoms with E-state index >= 15 is 0 Å². The number of hydrogen-bond donors (Lipinski definition) is 1. The van der Waals surface area contributed by atoms with Crippen LogP contribution >= 0.6 is 0 Å². The summed E-state index contributed by atoms with van der Waals surface area (Å²) in [5, 5.41) is 3.23. The fourth-order valence-electron chi connectivity index (χ4n) is 1.55. The molecule has 2 heteroatoms. The van der Waals surface area contributed by atoms with Crippen molar-refractivity contribution in [3.05, 3.63) is 0 Å². The largest absolute Gasteiger partial charge is 0.372 e. The van der Waals surface area contributed by atoms with Gasteiger partial charge in [-0.15, -0.1) is 0 Å². The van der Waals surface area contributed by atoms with E-state index in [1.807, 2.05) is 6.34 Å². The molecular weight excluding hydrogens is 100 g/mol. The molecule has 0 amide bonds. The number of rotatable bonds is 0. The van der Waals surface area contributed by atoms with E-state index in [1.54, 1.807) is 0 Å². The van der Waals surface area contributed by atoms with Gasteiger partial charge in [0.15, 0.2) is 0 Å². The molecule has 1 saturated carbocycles. The average Bonchev–Trinajstić information content (AvgIpc) is 2.15. The topological polar surface area (TPSA) is 24.4 Å². The summed E-state index contributed by atoms with van der Waals surface area (Å²) in [5.74, 6) is 0. The van der Waals surface area contributed by atoms with Gasteiger partial charge in [0.25, 0.3) is 0 Å². The van der Waals surface area contributed by atoms with Crippen molar-refractivity contribution in [2.75, 3.05) is 0 Å². The quantitative estimate of drug-likeness (QED) is 0.483. The lowest BCUT2D eigenvalue weighted by Gasteiger charge is -2.04. The molecule has 2 rings (SSSR count). The zero-order valence-corrected chi connectivity index (χ0v) is 4.80. The summed E-state index contributed by atoms with van der Waals surface area (Å²) in [7, 11) is 0. The van der Waals surface area contributed by atoms with Crippen LogP contribution in [0.25, 0.3) is 0 Å². The lowest BCUT2D eigenvalue weighted by Crippen LogP contribution is -2.25. The van der Waals surface area contributed by atoms with Crippen LogP contribution in [0.2, 0.25) is 0 Å². The van der Waals surface area contributed by atoms with Crippen molar-refractivity contribution < 1.29 is 0 Å². The minimum atomic E-state index is 0.634. The van der Waals surface area contributed by atoms with Crippen LogP contribution in [0, 0.1) is 0 Å². The highest BCUT2D eigenvalue weighted by Crippen LogP contribution is 2.23. The van der Waals surface area contributed by atoms with E-state index in [-0.39, 0.29) is 0 Å². The number of hydrogen-bond acceptors (Lipinski definition) is 2.